The van der Waals surface area contributed by atoms with Gasteiger partial charge in [0.05, 0.1) is 4.90 Å². The predicted molar refractivity (Wildman–Crippen MR) is 115 cm³/mol. The number of hydrogen-bond donors (Lipinski definition) is 1. The first-order valence-corrected chi connectivity index (χ1v) is 11.4. The van der Waals surface area contributed by atoms with Gasteiger partial charge in [-0.25, -0.2) is 8.42 Å². The minimum absolute atomic E-state index is 0.204. The second kappa shape index (κ2) is 8.35. The minimum Gasteiger partial charge on any atom is -0.486 e. The average Bonchev–Trinajstić information content (AvgIpc) is 2.73. The quantitative estimate of drug-likeness (QED) is 0.716. The van der Waals surface area contributed by atoms with E-state index in [1.807, 2.05) is 17.0 Å². The highest BCUT2D eigenvalue weighted by Crippen LogP contribution is 2.33. The average molecular weight is 454 g/mol. The van der Waals surface area contributed by atoms with E-state index in [-0.39, 0.29) is 4.90 Å². The number of hydrogen-bond acceptors (Lipinski definition) is 5. The van der Waals surface area contributed by atoms with E-state index in [0.29, 0.717) is 61.0 Å². The molecule has 0 saturated carbocycles. The molecule has 10 heteroatoms. The van der Waals surface area contributed by atoms with Crippen LogP contribution in [-0.4, -0.2) is 62.1 Å². The van der Waals surface area contributed by atoms with Crippen molar-refractivity contribution < 1.29 is 17.9 Å². The highest BCUT2D eigenvalue weighted by Gasteiger charge is 2.30. The first kappa shape index (κ1) is 20.2. The van der Waals surface area contributed by atoms with E-state index >= 15 is 0 Å². The van der Waals surface area contributed by atoms with Crippen LogP contribution in [0.1, 0.15) is 0 Å². The van der Waals surface area contributed by atoms with Crippen LogP contribution in [0, 0.1) is 0 Å². The van der Waals surface area contributed by atoms with Gasteiger partial charge < -0.3 is 19.7 Å². The van der Waals surface area contributed by atoms with Crippen molar-refractivity contribution in [1.29, 1.82) is 0 Å². The van der Waals surface area contributed by atoms with Gasteiger partial charge in [0, 0.05) is 43.0 Å². The molecule has 154 valence electrons. The molecule has 2 aliphatic heterocycles. The molecule has 0 bridgehead atoms. The second-order valence-electron chi connectivity index (χ2n) is 6.64. The van der Waals surface area contributed by atoms with Crippen molar-refractivity contribution in [2.45, 2.75) is 4.90 Å². The number of nitrogens with one attached hydrogen (secondary N) is 1. The topological polar surface area (TPSA) is 71.1 Å². The Balaban J connectivity index is 1.40. The smallest absolute Gasteiger partial charge is 0.243 e. The Hall–Kier alpha value is -2.07. The Kier molecular flexibility index (Phi) is 5.82. The van der Waals surface area contributed by atoms with Gasteiger partial charge >= 0.3 is 0 Å². The van der Waals surface area contributed by atoms with Crippen molar-refractivity contribution in [3.8, 4) is 11.5 Å². The van der Waals surface area contributed by atoms with E-state index in [1.165, 1.54) is 10.4 Å². The molecule has 0 radical (unpaired) electrons. The Morgan fingerprint density at radius 2 is 1.72 bits per heavy atom. The minimum atomic E-state index is -3.62. The molecule has 4 rings (SSSR count). The molecule has 2 heterocycles. The first-order chi connectivity index (χ1) is 13.9. The number of anilines is 1. The summed E-state index contributed by atoms with van der Waals surface area (Å²) in [5, 5.41) is 4.31. The van der Waals surface area contributed by atoms with Gasteiger partial charge in [0.2, 0.25) is 10.0 Å². The van der Waals surface area contributed by atoms with Gasteiger partial charge in [0.25, 0.3) is 0 Å². The molecule has 1 fully saturated rings. The van der Waals surface area contributed by atoms with Crippen LogP contribution >= 0.6 is 23.8 Å². The summed E-state index contributed by atoms with van der Waals surface area (Å²) in [7, 11) is -3.62. The fourth-order valence-corrected chi connectivity index (χ4v) is 5.16. The number of piperazine rings is 1. The maximum Gasteiger partial charge on any atom is 0.243 e. The number of nitrogens with zero attached hydrogens (tertiary/aromatic N) is 2. The molecule has 1 saturated heterocycles. The molecular weight excluding hydrogens is 434 g/mol. The van der Waals surface area contributed by atoms with Crippen LogP contribution < -0.4 is 14.8 Å². The zero-order valence-corrected chi connectivity index (χ0v) is 17.9. The van der Waals surface area contributed by atoms with Crippen LogP contribution in [0.4, 0.5) is 5.69 Å². The van der Waals surface area contributed by atoms with Gasteiger partial charge in [-0.05, 0) is 42.5 Å². The summed E-state index contributed by atoms with van der Waals surface area (Å²) in [5.41, 5.74) is 0.800. The number of sulfonamides is 1. The van der Waals surface area contributed by atoms with Crippen molar-refractivity contribution >= 4 is 44.6 Å². The molecule has 7 nitrogen and oxygen atoms in total. The van der Waals surface area contributed by atoms with Crippen LogP contribution in [0.2, 0.25) is 5.02 Å². The second-order valence-corrected chi connectivity index (χ2v) is 9.40. The lowest BCUT2D eigenvalue weighted by molar-refractivity contribution is 0.171. The lowest BCUT2D eigenvalue weighted by Crippen LogP contribution is -2.51. The first-order valence-electron chi connectivity index (χ1n) is 9.15. The van der Waals surface area contributed by atoms with E-state index < -0.39 is 10.0 Å². The maximum atomic E-state index is 13.0. The fraction of sp³-hybridized carbons (Fsp3) is 0.316. The van der Waals surface area contributed by atoms with Crippen molar-refractivity contribution in [3.05, 3.63) is 47.5 Å². The highest BCUT2D eigenvalue weighted by molar-refractivity contribution is 7.89. The molecule has 0 unspecified atom stereocenters. The van der Waals surface area contributed by atoms with Gasteiger partial charge in [-0.2, -0.15) is 4.31 Å². The monoisotopic (exact) mass is 453 g/mol. The number of ether oxygens (including phenoxy) is 2. The number of rotatable bonds is 3. The predicted octanol–water partition coefficient (Wildman–Crippen LogP) is 2.81. The fourth-order valence-electron chi connectivity index (χ4n) is 3.23. The zero-order chi connectivity index (χ0) is 20.4. The Morgan fingerprint density at radius 1 is 1.00 bits per heavy atom. The van der Waals surface area contributed by atoms with E-state index in [1.54, 1.807) is 24.3 Å². The van der Waals surface area contributed by atoms with Gasteiger partial charge in [0.1, 0.15) is 13.2 Å². The van der Waals surface area contributed by atoms with Crippen LogP contribution in [-0.2, 0) is 10.0 Å². The van der Waals surface area contributed by atoms with Crippen LogP contribution in [0.5, 0.6) is 11.5 Å². The zero-order valence-electron chi connectivity index (χ0n) is 15.5. The molecule has 0 atom stereocenters. The number of benzene rings is 2. The van der Waals surface area contributed by atoms with Crippen LogP contribution in [0.25, 0.3) is 0 Å². The van der Waals surface area contributed by atoms with Gasteiger partial charge in [-0.15, -0.1) is 0 Å². The molecule has 1 N–H and O–H groups in total. The Labute approximate surface area is 180 Å². The summed E-state index contributed by atoms with van der Waals surface area (Å²) >= 11 is 11.5. The lowest BCUT2D eigenvalue weighted by Gasteiger charge is -2.35. The van der Waals surface area contributed by atoms with Crippen molar-refractivity contribution in [2.75, 3.05) is 44.7 Å². The third-order valence-corrected chi connectivity index (χ3v) is 7.24. The SMILES string of the molecule is O=S(=O)(c1ccc2c(c1)OCCO2)N1CCN(C(=S)Nc2cccc(Cl)c2)CC1. The van der Waals surface area contributed by atoms with Gasteiger partial charge in [-0.3, -0.25) is 0 Å². The molecule has 0 aromatic heterocycles. The standard InChI is InChI=1S/C19H20ClN3O4S2/c20-14-2-1-3-15(12-14)21-19(28)22-6-8-23(9-7-22)29(24,25)16-4-5-17-18(13-16)27-11-10-26-17/h1-5,12-13H,6-11H2,(H,21,28). The van der Waals surface area contributed by atoms with E-state index in [9.17, 15) is 8.42 Å². The summed E-state index contributed by atoms with van der Waals surface area (Å²) in [6.45, 7) is 2.55. The molecule has 0 aliphatic carbocycles. The van der Waals surface area contributed by atoms with Crippen LogP contribution in [0.15, 0.2) is 47.4 Å². The summed E-state index contributed by atoms with van der Waals surface area (Å²) in [5.74, 6) is 1.03. The highest BCUT2D eigenvalue weighted by atomic mass is 35.5. The molecular formula is C19H20ClN3O4S2. The molecule has 2 aliphatic rings. The lowest BCUT2D eigenvalue weighted by atomic mass is 10.3. The number of thiocarbonyl (C=S) groups is 1. The Morgan fingerprint density at radius 3 is 2.45 bits per heavy atom. The maximum absolute atomic E-state index is 13.0. The van der Waals surface area contributed by atoms with Crippen molar-refractivity contribution in [2.24, 2.45) is 0 Å². The number of fused-ring (bicyclic) bond motifs is 1. The normalized spacial score (nSPS) is 17.1. The van der Waals surface area contributed by atoms with E-state index in [4.69, 9.17) is 33.3 Å². The summed E-state index contributed by atoms with van der Waals surface area (Å²) in [6.07, 6.45) is 0. The van der Waals surface area contributed by atoms with Crippen LogP contribution in [0.3, 0.4) is 0 Å². The molecule has 2 aromatic carbocycles. The van der Waals surface area contributed by atoms with E-state index in [0.717, 1.165) is 5.69 Å². The summed E-state index contributed by atoms with van der Waals surface area (Å²) in [6, 6.07) is 12.0. The largest absolute Gasteiger partial charge is 0.486 e. The van der Waals surface area contributed by atoms with E-state index in [2.05, 4.69) is 5.32 Å². The van der Waals surface area contributed by atoms with Crippen molar-refractivity contribution in [1.82, 2.24) is 9.21 Å². The number of halogens is 1. The third-order valence-electron chi connectivity index (χ3n) is 4.75. The molecule has 2 aromatic rings. The van der Waals surface area contributed by atoms with Crippen molar-refractivity contribution in [3.63, 3.8) is 0 Å². The Bertz CT molecular complexity index is 1020. The third kappa shape index (κ3) is 4.42. The molecule has 0 spiro atoms. The van der Waals surface area contributed by atoms with Gasteiger partial charge in [0.15, 0.2) is 16.6 Å². The molecule has 29 heavy (non-hydrogen) atoms. The van der Waals surface area contributed by atoms with Gasteiger partial charge in [-0.1, -0.05) is 17.7 Å². The summed E-state index contributed by atoms with van der Waals surface area (Å²) in [4.78, 5) is 2.15. The summed E-state index contributed by atoms with van der Waals surface area (Å²) < 4.78 is 38.5. The molecule has 0 amide bonds.